The van der Waals surface area contributed by atoms with E-state index in [9.17, 15) is 4.79 Å². The number of rotatable bonds is 10. The molecule has 0 saturated heterocycles. The summed E-state index contributed by atoms with van der Waals surface area (Å²) in [6.45, 7) is 4.80. The van der Waals surface area contributed by atoms with Crippen molar-refractivity contribution >= 4 is 5.91 Å². The first-order valence-electron chi connectivity index (χ1n) is 6.94. The van der Waals surface area contributed by atoms with Crippen molar-refractivity contribution in [3.05, 3.63) is 29.8 Å². The molecule has 20 heavy (non-hydrogen) atoms. The number of ether oxygens (including phenoxy) is 2. The summed E-state index contributed by atoms with van der Waals surface area (Å²) >= 11 is 0. The van der Waals surface area contributed by atoms with Crippen LogP contribution in [0.25, 0.3) is 0 Å². The zero-order valence-corrected chi connectivity index (χ0v) is 12.3. The molecule has 5 nitrogen and oxygen atoms in total. The van der Waals surface area contributed by atoms with E-state index in [4.69, 9.17) is 9.47 Å². The molecule has 1 rings (SSSR count). The van der Waals surface area contributed by atoms with Crippen molar-refractivity contribution in [2.75, 3.05) is 33.4 Å². The Labute approximate surface area is 120 Å². The van der Waals surface area contributed by atoms with Crippen molar-refractivity contribution in [3.8, 4) is 5.75 Å². The summed E-state index contributed by atoms with van der Waals surface area (Å²) in [4.78, 5) is 11.5. The van der Waals surface area contributed by atoms with Crippen LogP contribution in [-0.2, 0) is 16.1 Å². The molecule has 112 valence electrons. The highest BCUT2D eigenvalue weighted by Crippen LogP contribution is 2.13. The van der Waals surface area contributed by atoms with Crippen LogP contribution in [0.4, 0.5) is 0 Å². The monoisotopic (exact) mass is 280 g/mol. The van der Waals surface area contributed by atoms with Gasteiger partial charge in [0.1, 0.15) is 5.75 Å². The predicted octanol–water partition coefficient (Wildman–Crippen LogP) is 1.33. The Hall–Kier alpha value is -1.59. The number of hydrogen-bond acceptors (Lipinski definition) is 4. The lowest BCUT2D eigenvalue weighted by Crippen LogP contribution is -2.35. The van der Waals surface area contributed by atoms with Gasteiger partial charge in [0.05, 0.1) is 19.8 Å². The largest absolute Gasteiger partial charge is 0.494 e. The van der Waals surface area contributed by atoms with Gasteiger partial charge in [0.25, 0.3) is 0 Å². The quantitative estimate of drug-likeness (QED) is 0.635. The highest BCUT2D eigenvalue weighted by Gasteiger charge is 2.01. The van der Waals surface area contributed by atoms with Gasteiger partial charge in [0.15, 0.2) is 0 Å². The van der Waals surface area contributed by atoms with Crippen LogP contribution in [0, 0.1) is 0 Å². The average Bonchev–Trinajstić information content (AvgIpc) is 2.46. The van der Waals surface area contributed by atoms with Crippen LogP contribution in [-0.4, -0.2) is 39.3 Å². The number of nitrogens with one attached hydrogen (secondary N) is 2. The molecule has 0 aromatic heterocycles. The molecule has 0 fully saturated rings. The Balaban J connectivity index is 2.25. The maximum Gasteiger partial charge on any atom is 0.234 e. The summed E-state index contributed by atoms with van der Waals surface area (Å²) in [5, 5.41) is 5.86. The van der Waals surface area contributed by atoms with Crippen molar-refractivity contribution in [1.29, 1.82) is 0 Å². The molecule has 2 N–H and O–H groups in total. The summed E-state index contributed by atoms with van der Waals surface area (Å²) in [6.07, 6.45) is 0.990. The minimum atomic E-state index is -0.0274. The Morgan fingerprint density at radius 3 is 2.90 bits per heavy atom. The Morgan fingerprint density at radius 2 is 2.15 bits per heavy atom. The molecular weight excluding hydrogens is 256 g/mol. The molecule has 1 amide bonds. The van der Waals surface area contributed by atoms with Crippen molar-refractivity contribution in [1.82, 2.24) is 10.6 Å². The molecule has 0 aliphatic rings. The van der Waals surface area contributed by atoms with Crippen molar-refractivity contribution in [2.24, 2.45) is 0 Å². The van der Waals surface area contributed by atoms with E-state index >= 15 is 0 Å². The highest BCUT2D eigenvalue weighted by atomic mass is 16.5. The first kappa shape index (κ1) is 16.5. The SMILES string of the molecule is CCCOc1cccc(CNCC(=O)NCCOC)c1. The second-order valence-electron chi connectivity index (χ2n) is 4.44. The van der Waals surface area contributed by atoms with E-state index in [-0.39, 0.29) is 5.91 Å². The highest BCUT2D eigenvalue weighted by molar-refractivity contribution is 5.77. The van der Waals surface area contributed by atoms with E-state index in [1.54, 1.807) is 7.11 Å². The van der Waals surface area contributed by atoms with Crippen LogP contribution < -0.4 is 15.4 Å². The van der Waals surface area contributed by atoms with Crippen LogP contribution in [0.15, 0.2) is 24.3 Å². The minimum Gasteiger partial charge on any atom is -0.494 e. The molecule has 0 spiro atoms. The number of carbonyl (C=O) groups excluding carboxylic acids is 1. The fourth-order valence-corrected chi connectivity index (χ4v) is 1.64. The molecule has 0 atom stereocenters. The molecule has 0 aliphatic heterocycles. The Bertz CT molecular complexity index is 396. The van der Waals surface area contributed by atoms with Gasteiger partial charge < -0.3 is 20.1 Å². The molecule has 0 heterocycles. The second-order valence-corrected chi connectivity index (χ2v) is 4.44. The lowest BCUT2D eigenvalue weighted by molar-refractivity contribution is -0.120. The summed E-state index contributed by atoms with van der Waals surface area (Å²) in [5.41, 5.74) is 1.10. The van der Waals surface area contributed by atoms with Crippen molar-refractivity contribution in [2.45, 2.75) is 19.9 Å². The number of amides is 1. The zero-order valence-electron chi connectivity index (χ0n) is 12.3. The van der Waals surface area contributed by atoms with E-state index in [0.29, 0.717) is 26.2 Å². The third kappa shape index (κ3) is 7.11. The van der Waals surface area contributed by atoms with Crippen LogP contribution in [0.3, 0.4) is 0 Å². The summed E-state index contributed by atoms with van der Waals surface area (Å²) < 4.78 is 10.4. The minimum absolute atomic E-state index is 0.0274. The lowest BCUT2D eigenvalue weighted by Gasteiger charge is -2.08. The summed E-state index contributed by atoms with van der Waals surface area (Å²) in [6, 6.07) is 7.90. The van der Waals surface area contributed by atoms with E-state index in [2.05, 4.69) is 17.6 Å². The maximum atomic E-state index is 11.5. The van der Waals surface area contributed by atoms with Crippen LogP contribution in [0.2, 0.25) is 0 Å². The number of hydrogen-bond donors (Lipinski definition) is 2. The first-order chi connectivity index (χ1) is 9.76. The third-order valence-electron chi connectivity index (χ3n) is 2.61. The Morgan fingerprint density at radius 1 is 1.30 bits per heavy atom. The van der Waals surface area contributed by atoms with Crippen molar-refractivity contribution in [3.63, 3.8) is 0 Å². The standard InChI is InChI=1S/C15H24N2O3/c1-3-8-20-14-6-4-5-13(10-14)11-16-12-15(18)17-7-9-19-2/h4-6,10,16H,3,7-9,11-12H2,1-2H3,(H,17,18). The lowest BCUT2D eigenvalue weighted by atomic mass is 10.2. The molecule has 0 bridgehead atoms. The molecule has 0 unspecified atom stereocenters. The van der Waals surface area contributed by atoms with Gasteiger partial charge in [-0.1, -0.05) is 19.1 Å². The van der Waals surface area contributed by atoms with Gasteiger partial charge >= 0.3 is 0 Å². The average molecular weight is 280 g/mol. The zero-order chi connectivity index (χ0) is 14.6. The normalized spacial score (nSPS) is 10.3. The van der Waals surface area contributed by atoms with Gasteiger partial charge in [-0.05, 0) is 24.1 Å². The van der Waals surface area contributed by atoms with Crippen LogP contribution >= 0.6 is 0 Å². The fourth-order valence-electron chi connectivity index (χ4n) is 1.64. The first-order valence-corrected chi connectivity index (χ1v) is 6.94. The molecule has 0 radical (unpaired) electrons. The topological polar surface area (TPSA) is 59.6 Å². The smallest absolute Gasteiger partial charge is 0.234 e. The molecule has 0 aliphatic carbocycles. The van der Waals surface area contributed by atoms with Gasteiger partial charge in [-0.15, -0.1) is 0 Å². The third-order valence-corrected chi connectivity index (χ3v) is 2.61. The van der Waals surface area contributed by atoms with E-state index in [0.717, 1.165) is 24.3 Å². The van der Waals surface area contributed by atoms with Crippen LogP contribution in [0.1, 0.15) is 18.9 Å². The molecule has 0 saturated carbocycles. The van der Waals surface area contributed by atoms with E-state index in [1.807, 2.05) is 24.3 Å². The molecular formula is C15H24N2O3. The van der Waals surface area contributed by atoms with Gasteiger partial charge in [0.2, 0.25) is 5.91 Å². The van der Waals surface area contributed by atoms with Gasteiger partial charge in [0, 0.05) is 20.2 Å². The van der Waals surface area contributed by atoms with Gasteiger partial charge in [-0.25, -0.2) is 0 Å². The van der Waals surface area contributed by atoms with E-state index < -0.39 is 0 Å². The Kier molecular flexibility index (Phi) is 8.42. The van der Waals surface area contributed by atoms with Gasteiger partial charge in [-0.3, -0.25) is 4.79 Å². The van der Waals surface area contributed by atoms with Crippen LogP contribution in [0.5, 0.6) is 5.75 Å². The van der Waals surface area contributed by atoms with Gasteiger partial charge in [-0.2, -0.15) is 0 Å². The van der Waals surface area contributed by atoms with Crippen molar-refractivity contribution < 1.29 is 14.3 Å². The molecule has 1 aromatic rings. The van der Waals surface area contributed by atoms with E-state index in [1.165, 1.54) is 0 Å². The second kappa shape index (κ2) is 10.2. The molecule has 1 aromatic carbocycles. The maximum absolute atomic E-state index is 11.5. The fraction of sp³-hybridized carbons (Fsp3) is 0.533. The summed E-state index contributed by atoms with van der Waals surface area (Å²) in [7, 11) is 1.61. The molecule has 5 heteroatoms. The summed E-state index contributed by atoms with van der Waals surface area (Å²) in [5.74, 6) is 0.844. The number of carbonyl (C=O) groups is 1. The predicted molar refractivity (Wildman–Crippen MR) is 78.8 cm³/mol. The number of methoxy groups -OCH3 is 1. The number of benzene rings is 1.